The van der Waals surface area contributed by atoms with Crippen molar-refractivity contribution in [3.8, 4) is 12.3 Å². The molecule has 0 spiro atoms. The maximum Gasteiger partial charge on any atom is 0.0535 e. The van der Waals surface area contributed by atoms with Crippen molar-refractivity contribution < 1.29 is 5.11 Å². The predicted molar refractivity (Wildman–Crippen MR) is 57.2 cm³/mol. The monoisotopic (exact) mass is 237 g/mol. The summed E-state index contributed by atoms with van der Waals surface area (Å²) in [6.45, 7) is 1.92. The normalized spacial score (nSPS) is 10.1. The summed E-state index contributed by atoms with van der Waals surface area (Å²) in [4.78, 5) is 0. The quantitative estimate of drug-likeness (QED) is 0.784. The highest BCUT2D eigenvalue weighted by atomic mass is 79.9. The van der Waals surface area contributed by atoms with Crippen LogP contribution >= 0.6 is 15.9 Å². The van der Waals surface area contributed by atoms with Gasteiger partial charge in [-0.3, -0.25) is 0 Å². The Labute approximate surface area is 86.9 Å². The molecule has 0 saturated heterocycles. The van der Waals surface area contributed by atoms with E-state index in [1.165, 1.54) is 0 Å². The van der Waals surface area contributed by atoms with E-state index in [0.717, 1.165) is 21.5 Å². The van der Waals surface area contributed by atoms with Crippen LogP contribution in [-0.4, -0.2) is 11.7 Å². The summed E-state index contributed by atoms with van der Waals surface area (Å²) >= 11 is 3.41. The van der Waals surface area contributed by atoms with E-state index in [1.54, 1.807) is 0 Å². The number of halogens is 1. The van der Waals surface area contributed by atoms with Crippen molar-refractivity contribution in [3.63, 3.8) is 0 Å². The van der Waals surface area contributed by atoms with Gasteiger partial charge in [0.2, 0.25) is 0 Å². The Morgan fingerprint density at radius 3 is 2.85 bits per heavy atom. The summed E-state index contributed by atoms with van der Waals surface area (Å²) in [5.41, 5.74) is 1.78. The molecular weight excluding hydrogens is 228 g/mol. The van der Waals surface area contributed by atoms with Crippen LogP contribution < -0.4 is 0 Å². The van der Waals surface area contributed by atoms with Crippen LogP contribution in [0.2, 0.25) is 0 Å². The molecule has 1 aromatic carbocycles. The number of rotatable bonds is 2. The fourth-order valence-corrected chi connectivity index (χ4v) is 1.78. The molecule has 1 nitrogen and oxygen atoms in total. The van der Waals surface area contributed by atoms with E-state index in [-0.39, 0.29) is 6.61 Å². The predicted octanol–water partition coefficient (Wildman–Crippen LogP) is 2.37. The molecule has 1 aromatic rings. The van der Waals surface area contributed by atoms with Crippen molar-refractivity contribution in [1.29, 1.82) is 0 Å². The highest BCUT2D eigenvalue weighted by Crippen LogP contribution is 2.26. The second-order valence-corrected chi connectivity index (χ2v) is 3.54. The molecule has 0 aromatic heterocycles. The summed E-state index contributed by atoms with van der Waals surface area (Å²) in [5, 5.41) is 8.97. The molecule has 0 unspecified atom stereocenters. The van der Waals surface area contributed by atoms with Crippen molar-refractivity contribution in [3.05, 3.63) is 39.7 Å². The van der Waals surface area contributed by atoms with E-state index < -0.39 is 0 Å². The van der Waals surface area contributed by atoms with Crippen molar-refractivity contribution in [1.82, 2.24) is 0 Å². The van der Waals surface area contributed by atoms with Crippen LogP contribution in [0.3, 0.4) is 0 Å². The molecule has 0 aliphatic heterocycles. The van der Waals surface area contributed by atoms with E-state index in [1.807, 2.05) is 25.1 Å². The standard InChI is InChI=1S/C11H10BrO/c1-3-9-5-4-6-10(11(9)12)8(2)7-13/h1,4-6,13H,7H2,2H3. The number of aliphatic hydroxyl groups is 1. The molecule has 0 heterocycles. The number of hydrogen-bond donors (Lipinski definition) is 1. The molecule has 0 bridgehead atoms. The lowest BCUT2D eigenvalue weighted by Gasteiger charge is -2.10. The van der Waals surface area contributed by atoms with Crippen LogP contribution in [0.4, 0.5) is 0 Å². The maximum atomic E-state index is 8.97. The molecule has 0 fully saturated rings. The first-order valence-electron chi connectivity index (χ1n) is 3.89. The summed E-state index contributed by atoms with van der Waals surface area (Å²) in [6.07, 6.45) is 5.31. The minimum absolute atomic E-state index is 0.0482. The molecule has 1 radical (unpaired) electrons. The van der Waals surface area contributed by atoms with Crippen molar-refractivity contribution in [2.75, 3.05) is 6.61 Å². The first-order chi connectivity index (χ1) is 6.20. The van der Waals surface area contributed by atoms with Crippen LogP contribution in [0.15, 0.2) is 22.7 Å². The van der Waals surface area contributed by atoms with Gasteiger partial charge in [-0.25, -0.2) is 0 Å². The fourth-order valence-electron chi connectivity index (χ4n) is 1.06. The minimum atomic E-state index is 0.0482. The molecule has 0 atom stereocenters. The van der Waals surface area contributed by atoms with Gasteiger partial charge >= 0.3 is 0 Å². The molecule has 1 N–H and O–H groups in total. The van der Waals surface area contributed by atoms with Gasteiger partial charge in [0.25, 0.3) is 0 Å². The lowest BCUT2D eigenvalue weighted by atomic mass is 10.0. The van der Waals surface area contributed by atoms with E-state index in [9.17, 15) is 0 Å². The Bertz CT molecular complexity index is 338. The lowest BCUT2D eigenvalue weighted by Crippen LogP contribution is -2.01. The molecule has 13 heavy (non-hydrogen) atoms. The lowest BCUT2D eigenvalue weighted by molar-refractivity contribution is 0.315. The van der Waals surface area contributed by atoms with Crippen LogP contribution in [-0.2, 0) is 0 Å². The molecular formula is C11H10BrO. The van der Waals surface area contributed by atoms with Crippen LogP contribution in [0.5, 0.6) is 0 Å². The molecule has 0 amide bonds. The zero-order chi connectivity index (χ0) is 9.84. The Hall–Kier alpha value is -0.780. The van der Waals surface area contributed by atoms with E-state index >= 15 is 0 Å². The van der Waals surface area contributed by atoms with Gasteiger partial charge in [0.1, 0.15) is 0 Å². The molecule has 2 heteroatoms. The first-order valence-corrected chi connectivity index (χ1v) is 4.68. The Balaban J connectivity index is 3.17. The summed E-state index contributed by atoms with van der Waals surface area (Å²) in [5.74, 6) is 3.48. The molecule has 0 aliphatic rings. The largest absolute Gasteiger partial charge is 0.395 e. The summed E-state index contributed by atoms with van der Waals surface area (Å²) < 4.78 is 0.879. The van der Waals surface area contributed by atoms with E-state index in [4.69, 9.17) is 11.5 Å². The van der Waals surface area contributed by atoms with E-state index in [2.05, 4.69) is 21.9 Å². The van der Waals surface area contributed by atoms with Crippen molar-refractivity contribution in [2.45, 2.75) is 6.92 Å². The number of hydrogen-bond acceptors (Lipinski definition) is 1. The van der Waals surface area contributed by atoms with Crippen LogP contribution in [0.1, 0.15) is 18.1 Å². The third kappa shape index (κ3) is 2.12. The molecule has 0 aliphatic carbocycles. The second-order valence-electron chi connectivity index (χ2n) is 2.75. The van der Waals surface area contributed by atoms with Gasteiger partial charge in [-0.15, -0.1) is 6.42 Å². The average Bonchev–Trinajstić information content (AvgIpc) is 2.17. The van der Waals surface area contributed by atoms with Crippen molar-refractivity contribution in [2.24, 2.45) is 0 Å². The maximum absolute atomic E-state index is 8.97. The molecule has 67 valence electrons. The number of benzene rings is 1. The topological polar surface area (TPSA) is 20.2 Å². The third-order valence-electron chi connectivity index (χ3n) is 1.85. The summed E-state index contributed by atoms with van der Waals surface area (Å²) in [6, 6.07) is 5.67. The smallest absolute Gasteiger partial charge is 0.0535 e. The molecule has 0 saturated carbocycles. The Kier molecular flexibility index (Phi) is 3.53. The van der Waals surface area contributed by atoms with Gasteiger partial charge < -0.3 is 5.11 Å². The van der Waals surface area contributed by atoms with Gasteiger partial charge in [-0.05, 0) is 27.6 Å². The Morgan fingerprint density at radius 2 is 2.31 bits per heavy atom. The first kappa shape index (κ1) is 10.3. The zero-order valence-electron chi connectivity index (χ0n) is 7.34. The van der Waals surface area contributed by atoms with Crippen molar-refractivity contribution >= 4 is 15.9 Å². The highest BCUT2D eigenvalue weighted by molar-refractivity contribution is 9.10. The minimum Gasteiger partial charge on any atom is -0.395 e. The fraction of sp³-hybridized carbons (Fsp3) is 0.182. The summed E-state index contributed by atoms with van der Waals surface area (Å²) in [7, 11) is 0. The third-order valence-corrected chi connectivity index (χ3v) is 2.71. The van der Waals surface area contributed by atoms with Gasteiger partial charge in [-0.2, -0.15) is 0 Å². The molecule has 1 rings (SSSR count). The van der Waals surface area contributed by atoms with Gasteiger partial charge in [0, 0.05) is 16.0 Å². The van der Waals surface area contributed by atoms with Crippen LogP contribution in [0, 0.1) is 18.3 Å². The van der Waals surface area contributed by atoms with Crippen LogP contribution in [0.25, 0.3) is 0 Å². The SMILES string of the molecule is C#Cc1cccc([C](C)CO)c1Br. The Morgan fingerprint density at radius 1 is 1.62 bits per heavy atom. The average molecular weight is 238 g/mol. The zero-order valence-corrected chi connectivity index (χ0v) is 8.93. The van der Waals surface area contributed by atoms with E-state index in [0.29, 0.717) is 0 Å². The second kappa shape index (κ2) is 4.45. The highest BCUT2D eigenvalue weighted by Gasteiger charge is 2.10. The number of terminal acetylenes is 1. The van der Waals surface area contributed by atoms with Gasteiger partial charge in [-0.1, -0.05) is 25.0 Å². The van der Waals surface area contributed by atoms with Gasteiger partial charge in [0.05, 0.1) is 6.61 Å². The van der Waals surface area contributed by atoms with Gasteiger partial charge in [0.15, 0.2) is 0 Å². The number of aliphatic hydroxyl groups excluding tert-OH is 1.